The first-order valence-corrected chi connectivity index (χ1v) is 6.41. The molecule has 2 aromatic rings. The van der Waals surface area contributed by atoms with Crippen molar-refractivity contribution >= 4 is 23.3 Å². The van der Waals surface area contributed by atoms with Crippen molar-refractivity contribution < 1.29 is 0 Å². The summed E-state index contributed by atoms with van der Waals surface area (Å²) in [5, 5.41) is 0. The van der Waals surface area contributed by atoms with Crippen LogP contribution < -0.4 is 5.73 Å². The summed E-state index contributed by atoms with van der Waals surface area (Å²) >= 11 is 1.70. The molecule has 0 fully saturated rings. The second-order valence-electron chi connectivity index (χ2n) is 3.41. The third-order valence-electron chi connectivity index (χ3n) is 2.25. The summed E-state index contributed by atoms with van der Waals surface area (Å²) in [6.45, 7) is 0. The van der Waals surface area contributed by atoms with Gasteiger partial charge in [-0.3, -0.25) is 4.98 Å². The van der Waals surface area contributed by atoms with Crippen molar-refractivity contribution in [3.05, 3.63) is 54.4 Å². The first-order valence-electron chi connectivity index (χ1n) is 5.19. The predicted molar refractivity (Wildman–Crippen MR) is 72.8 cm³/mol. The second kappa shape index (κ2) is 5.50. The van der Waals surface area contributed by atoms with Crippen molar-refractivity contribution in [3.8, 4) is 0 Å². The van der Waals surface area contributed by atoms with Crippen molar-refractivity contribution in [1.29, 1.82) is 0 Å². The van der Waals surface area contributed by atoms with Gasteiger partial charge in [-0.25, -0.2) is 4.99 Å². The van der Waals surface area contributed by atoms with E-state index in [1.807, 2.05) is 48.7 Å². The van der Waals surface area contributed by atoms with E-state index < -0.39 is 0 Å². The number of nitrogens with zero attached hydrogens (tertiary/aromatic N) is 2. The molecule has 0 unspecified atom stereocenters. The number of aromatic nitrogens is 1. The van der Waals surface area contributed by atoms with Gasteiger partial charge in [-0.2, -0.15) is 0 Å². The van der Waals surface area contributed by atoms with Gasteiger partial charge in [0, 0.05) is 11.1 Å². The molecule has 3 nitrogen and oxygen atoms in total. The number of aliphatic imine (C=N–C) groups is 1. The van der Waals surface area contributed by atoms with Crippen LogP contribution >= 0.6 is 11.8 Å². The molecule has 0 saturated heterocycles. The van der Waals surface area contributed by atoms with Crippen molar-refractivity contribution in [2.24, 2.45) is 10.7 Å². The molecular weight excluding hydrogens is 230 g/mol. The van der Waals surface area contributed by atoms with E-state index in [2.05, 4.69) is 9.98 Å². The quantitative estimate of drug-likeness (QED) is 0.512. The molecular formula is C13H13N3S. The van der Waals surface area contributed by atoms with E-state index in [0.29, 0.717) is 11.5 Å². The Morgan fingerprint density at radius 2 is 1.94 bits per heavy atom. The van der Waals surface area contributed by atoms with Gasteiger partial charge >= 0.3 is 0 Å². The molecule has 0 aliphatic carbocycles. The zero-order chi connectivity index (χ0) is 12.1. The monoisotopic (exact) mass is 243 g/mol. The highest BCUT2D eigenvalue weighted by Crippen LogP contribution is 2.19. The summed E-state index contributed by atoms with van der Waals surface area (Å²) in [7, 11) is 0. The fourth-order valence-corrected chi connectivity index (χ4v) is 1.78. The lowest BCUT2D eigenvalue weighted by atomic mass is 10.3. The largest absolute Gasteiger partial charge is 0.382 e. The lowest BCUT2D eigenvalue weighted by Crippen LogP contribution is -2.14. The molecule has 17 heavy (non-hydrogen) atoms. The van der Waals surface area contributed by atoms with E-state index in [1.54, 1.807) is 18.0 Å². The lowest BCUT2D eigenvalue weighted by Gasteiger charge is -2.00. The normalized spacial score (nSPS) is 11.5. The van der Waals surface area contributed by atoms with E-state index in [4.69, 9.17) is 5.73 Å². The van der Waals surface area contributed by atoms with Gasteiger partial charge < -0.3 is 5.73 Å². The predicted octanol–water partition coefficient (Wildman–Crippen LogP) is 2.84. The van der Waals surface area contributed by atoms with E-state index in [0.717, 1.165) is 5.69 Å². The molecule has 1 heterocycles. The van der Waals surface area contributed by atoms with Crippen molar-refractivity contribution in [3.63, 3.8) is 0 Å². The summed E-state index contributed by atoms with van der Waals surface area (Å²) in [6.07, 6.45) is 3.75. The number of thioether (sulfide) groups is 1. The number of benzene rings is 1. The standard InChI is InChI=1S/C13H13N3S/c1-17-11-7-5-10(6-8-11)16-13(14)12-4-2-3-9-15-12/h2-9H,1H3,(H2,14,16). The maximum Gasteiger partial charge on any atom is 0.150 e. The van der Waals surface area contributed by atoms with Crippen molar-refractivity contribution in [2.75, 3.05) is 6.26 Å². The first-order chi connectivity index (χ1) is 8.29. The highest BCUT2D eigenvalue weighted by atomic mass is 32.2. The number of nitrogens with two attached hydrogens (primary N) is 1. The Kier molecular flexibility index (Phi) is 3.77. The first kappa shape index (κ1) is 11.7. The van der Waals surface area contributed by atoms with Crippen LogP contribution in [-0.2, 0) is 0 Å². The third-order valence-corrected chi connectivity index (χ3v) is 2.99. The second-order valence-corrected chi connectivity index (χ2v) is 4.29. The van der Waals surface area contributed by atoms with Crippen LogP contribution in [0.1, 0.15) is 5.69 Å². The zero-order valence-electron chi connectivity index (χ0n) is 9.50. The zero-order valence-corrected chi connectivity index (χ0v) is 10.3. The number of pyridine rings is 1. The molecule has 0 amide bonds. The van der Waals surface area contributed by atoms with Gasteiger partial charge in [0.1, 0.15) is 11.5 Å². The van der Waals surface area contributed by atoms with Gasteiger partial charge in [-0.05, 0) is 42.7 Å². The highest BCUT2D eigenvalue weighted by molar-refractivity contribution is 7.98. The van der Waals surface area contributed by atoms with Crippen LogP contribution in [-0.4, -0.2) is 17.1 Å². The van der Waals surface area contributed by atoms with Crippen LogP contribution in [0.4, 0.5) is 5.69 Å². The van der Waals surface area contributed by atoms with Crippen LogP contribution in [0.5, 0.6) is 0 Å². The van der Waals surface area contributed by atoms with E-state index in [-0.39, 0.29) is 0 Å². The molecule has 0 saturated carbocycles. The molecule has 86 valence electrons. The van der Waals surface area contributed by atoms with Crippen LogP contribution in [0.2, 0.25) is 0 Å². The third kappa shape index (κ3) is 3.07. The smallest absolute Gasteiger partial charge is 0.150 e. The van der Waals surface area contributed by atoms with Crippen LogP contribution in [0.25, 0.3) is 0 Å². The summed E-state index contributed by atoms with van der Waals surface area (Å²) in [5.41, 5.74) is 7.41. The topological polar surface area (TPSA) is 51.3 Å². The summed E-state index contributed by atoms with van der Waals surface area (Å²) in [4.78, 5) is 9.68. The minimum absolute atomic E-state index is 0.433. The number of rotatable bonds is 3. The average molecular weight is 243 g/mol. The lowest BCUT2D eigenvalue weighted by molar-refractivity contribution is 1.27. The molecule has 1 aromatic carbocycles. The Morgan fingerprint density at radius 1 is 1.18 bits per heavy atom. The molecule has 0 bridgehead atoms. The maximum absolute atomic E-state index is 5.88. The Labute approximate surface area is 105 Å². The van der Waals surface area contributed by atoms with Gasteiger partial charge in [-0.1, -0.05) is 6.07 Å². The summed E-state index contributed by atoms with van der Waals surface area (Å²) < 4.78 is 0. The number of amidine groups is 1. The number of hydrogen-bond donors (Lipinski definition) is 1. The molecule has 1 aromatic heterocycles. The Balaban J connectivity index is 2.23. The number of hydrogen-bond acceptors (Lipinski definition) is 3. The van der Waals surface area contributed by atoms with E-state index in [1.165, 1.54) is 4.90 Å². The Bertz CT molecular complexity index is 506. The summed E-state index contributed by atoms with van der Waals surface area (Å²) in [6, 6.07) is 13.5. The fourth-order valence-electron chi connectivity index (χ4n) is 1.37. The molecule has 0 aliphatic heterocycles. The van der Waals surface area contributed by atoms with Gasteiger partial charge in [0.05, 0.1) is 5.69 Å². The minimum Gasteiger partial charge on any atom is -0.382 e. The molecule has 0 aliphatic rings. The van der Waals surface area contributed by atoms with Crippen molar-refractivity contribution in [2.45, 2.75) is 4.90 Å². The Morgan fingerprint density at radius 3 is 2.53 bits per heavy atom. The molecule has 0 spiro atoms. The molecule has 2 rings (SSSR count). The fraction of sp³-hybridized carbons (Fsp3) is 0.0769. The molecule has 4 heteroatoms. The van der Waals surface area contributed by atoms with Gasteiger partial charge in [0.15, 0.2) is 0 Å². The van der Waals surface area contributed by atoms with Gasteiger partial charge in [0.25, 0.3) is 0 Å². The maximum atomic E-state index is 5.88. The average Bonchev–Trinajstić information content (AvgIpc) is 2.40. The van der Waals surface area contributed by atoms with Crippen molar-refractivity contribution in [1.82, 2.24) is 4.98 Å². The SMILES string of the molecule is CSc1ccc(N=C(N)c2ccccn2)cc1. The summed E-state index contributed by atoms with van der Waals surface area (Å²) in [5.74, 6) is 0.433. The van der Waals surface area contributed by atoms with Gasteiger partial charge in [0.2, 0.25) is 0 Å². The van der Waals surface area contributed by atoms with E-state index in [9.17, 15) is 0 Å². The van der Waals surface area contributed by atoms with Gasteiger partial charge in [-0.15, -0.1) is 11.8 Å². The van der Waals surface area contributed by atoms with Crippen LogP contribution in [0.3, 0.4) is 0 Å². The van der Waals surface area contributed by atoms with Crippen LogP contribution in [0.15, 0.2) is 58.5 Å². The molecule has 0 atom stereocenters. The highest BCUT2D eigenvalue weighted by Gasteiger charge is 1.99. The molecule has 0 radical (unpaired) electrons. The Hall–Kier alpha value is -1.81. The van der Waals surface area contributed by atoms with Crippen LogP contribution in [0, 0.1) is 0 Å². The molecule has 2 N–H and O–H groups in total. The van der Waals surface area contributed by atoms with E-state index >= 15 is 0 Å². The minimum atomic E-state index is 0.433.